The van der Waals surface area contributed by atoms with E-state index in [4.69, 9.17) is 5.73 Å². The van der Waals surface area contributed by atoms with E-state index >= 15 is 0 Å². The molecule has 2 aromatic heterocycles. The lowest BCUT2D eigenvalue weighted by atomic mass is 10.4. The Balaban J connectivity index is 2.57. The largest absolute Gasteiger partial charge is 0.392 e. The minimum Gasteiger partial charge on any atom is -0.392 e. The summed E-state index contributed by atoms with van der Waals surface area (Å²) in [7, 11) is -2.41. The zero-order valence-corrected chi connectivity index (χ0v) is 11.5. The number of aliphatic hydroxyl groups excluding tert-OH is 1. The molecule has 3 N–H and O–H groups in total. The lowest BCUT2D eigenvalue weighted by Crippen LogP contribution is -2.34. The van der Waals surface area contributed by atoms with Crippen molar-refractivity contribution < 1.29 is 13.5 Å². The first kappa shape index (κ1) is 13.8. The second-order valence-corrected chi connectivity index (χ2v) is 6.33. The SMILES string of the molecule is CC(O)CN(C)S(=O)(=O)c1c(N)nc2ccccn12. The molecule has 2 heterocycles. The zero-order chi connectivity index (χ0) is 14.2. The van der Waals surface area contributed by atoms with E-state index in [1.54, 1.807) is 24.4 Å². The molecule has 104 valence electrons. The Morgan fingerprint density at radius 2 is 2.21 bits per heavy atom. The van der Waals surface area contributed by atoms with Crippen molar-refractivity contribution in [1.82, 2.24) is 13.7 Å². The molecule has 2 rings (SSSR count). The highest BCUT2D eigenvalue weighted by molar-refractivity contribution is 7.89. The highest BCUT2D eigenvalue weighted by Crippen LogP contribution is 2.22. The quantitative estimate of drug-likeness (QED) is 0.817. The summed E-state index contributed by atoms with van der Waals surface area (Å²) in [5.74, 6) is -0.0522. The molecule has 1 unspecified atom stereocenters. The Bertz CT molecular complexity index is 693. The number of likely N-dealkylation sites (N-methyl/N-ethyl adjacent to an activating group) is 1. The molecule has 0 aromatic carbocycles. The van der Waals surface area contributed by atoms with Gasteiger partial charge in [-0.2, -0.15) is 4.31 Å². The van der Waals surface area contributed by atoms with Gasteiger partial charge in [0.15, 0.2) is 10.8 Å². The third kappa shape index (κ3) is 2.42. The van der Waals surface area contributed by atoms with Crippen molar-refractivity contribution in [3.8, 4) is 0 Å². The molecule has 0 aliphatic carbocycles. The van der Waals surface area contributed by atoms with E-state index < -0.39 is 16.1 Å². The van der Waals surface area contributed by atoms with E-state index in [1.165, 1.54) is 18.4 Å². The number of pyridine rings is 1. The number of nitrogen functional groups attached to an aromatic ring is 1. The summed E-state index contributed by atoms with van der Waals surface area (Å²) >= 11 is 0. The van der Waals surface area contributed by atoms with Gasteiger partial charge in [-0.3, -0.25) is 4.40 Å². The first-order valence-corrected chi connectivity index (χ1v) is 7.15. The van der Waals surface area contributed by atoms with Crippen LogP contribution in [0.25, 0.3) is 5.65 Å². The van der Waals surface area contributed by atoms with Crippen LogP contribution in [0, 0.1) is 0 Å². The van der Waals surface area contributed by atoms with Crippen LogP contribution in [-0.2, 0) is 10.0 Å². The molecule has 0 aliphatic rings. The Morgan fingerprint density at radius 1 is 1.53 bits per heavy atom. The zero-order valence-electron chi connectivity index (χ0n) is 10.7. The number of rotatable bonds is 4. The van der Waals surface area contributed by atoms with Gasteiger partial charge in [-0.25, -0.2) is 13.4 Å². The highest BCUT2D eigenvalue weighted by Gasteiger charge is 2.28. The van der Waals surface area contributed by atoms with Crippen LogP contribution in [0.5, 0.6) is 0 Å². The summed E-state index contributed by atoms with van der Waals surface area (Å²) in [5.41, 5.74) is 6.17. The molecular weight excluding hydrogens is 268 g/mol. The lowest BCUT2D eigenvalue weighted by Gasteiger charge is -2.18. The minimum absolute atomic E-state index is 0.0121. The van der Waals surface area contributed by atoms with Crippen LogP contribution in [-0.4, -0.2) is 46.9 Å². The summed E-state index contributed by atoms with van der Waals surface area (Å²) in [6, 6.07) is 5.11. The number of aromatic nitrogens is 2. The fraction of sp³-hybridized carbons (Fsp3) is 0.364. The van der Waals surface area contributed by atoms with Gasteiger partial charge in [-0.1, -0.05) is 6.07 Å². The third-order valence-electron chi connectivity index (χ3n) is 2.69. The van der Waals surface area contributed by atoms with E-state index in [2.05, 4.69) is 4.98 Å². The number of nitrogens with zero attached hydrogens (tertiary/aromatic N) is 3. The van der Waals surface area contributed by atoms with E-state index in [9.17, 15) is 13.5 Å². The van der Waals surface area contributed by atoms with Gasteiger partial charge in [0.25, 0.3) is 10.0 Å². The highest BCUT2D eigenvalue weighted by atomic mass is 32.2. The monoisotopic (exact) mass is 284 g/mol. The van der Waals surface area contributed by atoms with Crippen LogP contribution in [0.15, 0.2) is 29.4 Å². The number of imidazole rings is 1. The summed E-state index contributed by atoms with van der Waals surface area (Å²) in [5, 5.41) is 9.23. The van der Waals surface area contributed by atoms with Crippen LogP contribution < -0.4 is 5.73 Å². The van der Waals surface area contributed by atoms with Crippen molar-refractivity contribution in [2.45, 2.75) is 18.1 Å². The van der Waals surface area contributed by atoms with Gasteiger partial charge < -0.3 is 10.8 Å². The lowest BCUT2D eigenvalue weighted by molar-refractivity contribution is 0.171. The average Bonchev–Trinajstić information content (AvgIpc) is 2.64. The van der Waals surface area contributed by atoms with Gasteiger partial charge >= 0.3 is 0 Å². The van der Waals surface area contributed by atoms with Crippen LogP contribution in [0.3, 0.4) is 0 Å². The van der Waals surface area contributed by atoms with Crippen molar-refractivity contribution in [2.24, 2.45) is 0 Å². The predicted molar refractivity (Wildman–Crippen MR) is 71.1 cm³/mol. The van der Waals surface area contributed by atoms with Gasteiger partial charge in [0.05, 0.1) is 6.10 Å². The molecular formula is C11H16N4O3S. The molecule has 0 radical (unpaired) electrons. The fourth-order valence-electron chi connectivity index (χ4n) is 1.87. The Morgan fingerprint density at radius 3 is 2.84 bits per heavy atom. The molecule has 0 fully saturated rings. The Kier molecular flexibility index (Phi) is 3.48. The van der Waals surface area contributed by atoms with Crippen LogP contribution in [0.1, 0.15) is 6.92 Å². The van der Waals surface area contributed by atoms with E-state index in [1.807, 2.05) is 0 Å². The van der Waals surface area contributed by atoms with Crippen molar-refractivity contribution in [3.63, 3.8) is 0 Å². The molecule has 0 aliphatic heterocycles. The van der Waals surface area contributed by atoms with Crippen LogP contribution >= 0.6 is 0 Å². The van der Waals surface area contributed by atoms with Gasteiger partial charge in [-0.15, -0.1) is 0 Å². The molecule has 8 heteroatoms. The van der Waals surface area contributed by atoms with E-state index in [0.29, 0.717) is 5.65 Å². The number of hydrogen-bond acceptors (Lipinski definition) is 5. The summed E-state index contributed by atoms with van der Waals surface area (Å²) < 4.78 is 27.4. The number of aliphatic hydroxyl groups is 1. The minimum atomic E-state index is -3.80. The Hall–Kier alpha value is -1.64. The van der Waals surface area contributed by atoms with Crippen LogP contribution in [0.4, 0.5) is 5.82 Å². The van der Waals surface area contributed by atoms with Gasteiger partial charge in [0.2, 0.25) is 0 Å². The number of hydrogen-bond donors (Lipinski definition) is 2. The van der Waals surface area contributed by atoms with Gasteiger partial charge in [0.1, 0.15) is 5.65 Å². The fourth-order valence-corrected chi connectivity index (χ4v) is 3.29. The first-order valence-electron chi connectivity index (χ1n) is 5.71. The first-order chi connectivity index (χ1) is 8.84. The maximum atomic E-state index is 12.4. The van der Waals surface area contributed by atoms with E-state index in [0.717, 1.165) is 4.31 Å². The molecule has 0 spiro atoms. The maximum Gasteiger partial charge on any atom is 0.262 e. The summed E-state index contributed by atoms with van der Waals surface area (Å²) in [4.78, 5) is 4.01. The van der Waals surface area contributed by atoms with Crippen molar-refractivity contribution in [3.05, 3.63) is 24.4 Å². The number of sulfonamides is 1. The van der Waals surface area contributed by atoms with Gasteiger partial charge in [-0.05, 0) is 19.1 Å². The average molecular weight is 284 g/mol. The summed E-state index contributed by atoms with van der Waals surface area (Å²) in [6.07, 6.45) is 0.821. The van der Waals surface area contributed by atoms with E-state index in [-0.39, 0.29) is 17.4 Å². The second kappa shape index (κ2) is 4.80. The molecule has 0 saturated heterocycles. The summed E-state index contributed by atoms with van der Waals surface area (Å²) in [6.45, 7) is 1.51. The molecule has 1 atom stereocenters. The molecule has 0 amide bonds. The smallest absolute Gasteiger partial charge is 0.262 e. The molecule has 0 bridgehead atoms. The van der Waals surface area contributed by atoms with Crippen molar-refractivity contribution >= 4 is 21.5 Å². The molecule has 19 heavy (non-hydrogen) atoms. The molecule has 0 saturated carbocycles. The number of fused-ring (bicyclic) bond motifs is 1. The van der Waals surface area contributed by atoms with Crippen LogP contribution in [0.2, 0.25) is 0 Å². The van der Waals surface area contributed by atoms with Gasteiger partial charge in [0, 0.05) is 19.8 Å². The predicted octanol–water partition coefficient (Wildman–Crippen LogP) is -0.0822. The number of nitrogens with two attached hydrogens (primary N) is 1. The number of anilines is 1. The topological polar surface area (TPSA) is 101 Å². The Labute approximate surface area is 111 Å². The maximum absolute atomic E-state index is 12.4. The second-order valence-electron chi connectivity index (χ2n) is 4.37. The third-order valence-corrected chi connectivity index (χ3v) is 4.55. The standard InChI is InChI=1S/C11H16N4O3S/c1-8(16)7-14(2)19(17,18)11-10(12)13-9-5-3-4-6-15(9)11/h3-6,8,16H,7,12H2,1-2H3. The molecule has 2 aromatic rings. The molecule has 7 nitrogen and oxygen atoms in total. The van der Waals surface area contributed by atoms with Crippen molar-refractivity contribution in [1.29, 1.82) is 0 Å². The van der Waals surface area contributed by atoms with Crippen molar-refractivity contribution in [2.75, 3.05) is 19.3 Å². The normalized spacial score (nSPS) is 14.1.